The predicted molar refractivity (Wildman–Crippen MR) is 132 cm³/mol. The first-order chi connectivity index (χ1) is 15.4. The van der Waals surface area contributed by atoms with Crippen LogP contribution in [0, 0.1) is 20.8 Å². The fraction of sp³-hybridized carbons (Fsp3) is 0.360. The SMILES string of the molecule is COc1cccc(-c2csc(N3CCN(CC(=O)Nc4c(C)cc(C)cc4C)CC3)n2)c1. The van der Waals surface area contributed by atoms with Gasteiger partial charge in [0.1, 0.15) is 5.75 Å². The van der Waals surface area contributed by atoms with Crippen molar-refractivity contribution >= 4 is 28.1 Å². The second kappa shape index (κ2) is 9.71. The van der Waals surface area contributed by atoms with E-state index in [1.807, 2.05) is 32.0 Å². The minimum absolute atomic E-state index is 0.0445. The number of thiazole rings is 1. The third-order valence-corrected chi connectivity index (χ3v) is 6.71. The molecule has 0 unspecified atom stereocenters. The number of aryl methyl sites for hydroxylation is 3. The number of carbonyl (C=O) groups excluding carboxylic acids is 1. The highest BCUT2D eigenvalue weighted by Gasteiger charge is 2.22. The molecule has 6 nitrogen and oxygen atoms in total. The monoisotopic (exact) mass is 450 g/mol. The van der Waals surface area contributed by atoms with E-state index in [0.29, 0.717) is 6.54 Å². The zero-order valence-corrected chi connectivity index (χ0v) is 20.0. The molecule has 3 aromatic rings. The molecule has 0 aliphatic carbocycles. The summed E-state index contributed by atoms with van der Waals surface area (Å²) in [5, 5.41) is 6.23. The highest BCUT2D eigenvalue weighted by molar-refractivity contribution is 7.14. The van der Waals surface area contributed by atoms with E-state index in [0.717, 1.165) is 65.1 Å². The number of aromatic nitrogens is 1. The lowest BCUT2D eigenvalue weighted by atomic mass is 10.1. The number of hydrogen-bond donors (Lipinski definition) is 1. The molecule has 7 heteroatoms. The summed E-state index contributed by atoms with van der Waals surface area (Å²) in [7, 11) is 1.68. The topological polar surface area (TPSA) is 57.7 Å². The maximum absolute atomic E-state index is 12.6. The number of nitrogens with zero attached hydrogens (tertiary/aromatic N) is 3. The molecule has 0 saturated carbocycles. The van der Waals surface area contributed by atoms with Crippen molar-refractivity contribution in [2.24, 2.45) is 0 Å². The van der Waals surface area contributed by atoms with E-state index in [9.17, 15) is 4.79 Å². The Bertz CT molecular complexity index is 1080. The van der Waals surface area contributed by atoms with Gasteiger partial charge in [-0.15, -0.1) is 11.3 Å². The van der Waals surface area contributed by atoms with E-state index >= 15 is 0 Å². The quantitative estimate of drug-likeness (QED) is 0.599. The molecule has 32 heavy (non-hydrogen) atoms. The minimum Gasteiger partial charge on any atom is -0.497 e. The number of benzene rings is 2. The number of nitrogens with one attached hydrogen (secondary N) is 1. The van der Waals surface area contributed by atoms with Gasteiger partial charge in [-0.05, 0) is 44.0 Å². The van der Waals surface area contributed by atoms with Crippen molar-refractivity contribution in [2.75, 3.05) is 50.1 Å². The molecule has 1 N–H and O–H groups in total. The Morgan fingerprint density at radius 2 is 1.81 bits per heavy atom. The van der Waals surface area contributed by atoms with Crippen molar-refractivity contribution in [3.8, 4) is 17.0 Å². The second-order valence-electron chi connectivity index (χ2n) is 8.33. The summed E-state index contributed by atoms with van der Waals surface area (Å²) < 4.78 is 5.33. The molecule has 1 saturated heterocycles. The summed E-state index contributed by atoms with van der Waals surface area (Å²) in [6, 6.07) is 12.2. The second-order valence-corrected chi connectivity index (χ2v) is 9.17. The summed E-state index contributed by atoms with van der Waals surface area (Å²) in [6.45, 7) is 9.98. The van der Waals surface area contributed by atoms with Crippen LogP contribution in [0.1, 0.15) is 16.7 Å². The molecule has 1 aromatic heterocycles. The van der Waals surface area contributed by atoms with Gasteiger partial charge in [0.05, 0.1) is 19.3 Å². The molecule has 1 aliphatic heterocycles. The zero-order valence-electron chi connectivity index (χ0n) is 19.1. The molecule has 4 rings (SSSR count). The Morgan fingerprint density at radius 1 is 1.09 bits per heavy atom. The van der Waals surface area contributed by atoms with E-state index in [1.54, 1.807) is 18.4 Å². The number of anilines is 2. The van der Waals surface area contributed by atoms with Crippen LogP contribution in [0.5, 0.6) is 5.75 Å². The first kappa shape index (κ1) is 22.3. The Hall–Kier alpha value is -2.90. The van der Waals surface area contributed by atoms with Gasteiger partial charge in [-0.25, -0.2) is 4.98 Å². The van der Waals surface area contributed by atoms with Crippen LogP contribution in [-0.4, -0.2) is 55.6 Å². The Labute approximate surface area is 193 Å². The first-order valence-corrected chi connectivity index (χ1v) is 11.8. The molecule has 1 fully saturated rings. The summed E-state index contributed by atoms with van der Waals surface area (Å²) in [5.74, 6) is 0.878. The van der Waals surface area contributed by atoms with Gasteiger partial charge < -0.3 is 15.0 Å². The fourth-order valence-corrected chi connectivity index (χ4v) is 5.07. The van der Waals surface area contributed by atoms with Crippen molar-refractivity contribution in [1.82, 2.24) is 9.88 Å². The van der Waals surface area contributed by atoms with Crippen molar-refractivity contribution in [2.45, 2.75) is 20.8 Å². The lowest BCUT2D eigenvalue weighted by Gasteiger charge is -2.34. The molecule has 0 radical (unpaired) electrons. The smallest absolute Gasteiger partial charge is 0.238 e. The largest absolute Gasteiger partial charge is 0.497 e. The van der Waals surface area contributed by atoms with E-state index < -0.39 is 0 Å². The summed E-state index contributed by atoms with van der Waals surface area (Å²) in [5.41, 5.74) is 6.39. The number of piperazine rings is 1. The van der Waals surface area contributed by atoms with Crippen LogP contribution in [0.4, 0.5) is 10.8 Å². The number of hydrogen-bond acceptors (Lipinski definition) is 6. The molecular weight excluding hydrogens is 420 g/mol. The summed E-state index contributed by atoms with van der Waals surface area (Å²) in [4.78, 5) is 22.0. The highest BCUT2D eigenvalue weighted by Crippen LogP contribution is 2.30. The maximum atomic E-state index is 12.6. The highest BCUT2D eigenvalue weighted by atomic mass is 32.1. The van der Waals surface area contributed by atoms with Crippen molar-refractivity contribution in [1.29, 1.82) is 0 Å². The van der Waals surface area contributed by atoms with Gasteiger partial charge in [0, 0.05) is 42.8 Å². The van der Waals surface area contributed by atoms with Crippen LogP contribution < -0.4 is 15.0 Å². The van der Waals surface area contributed by atoms with Gasteiger partial charge in [0.2, 0.25) is 5.91 Å². The lowest BCUT2D eigenvalue weighted by Crippen LogP contribution is -2.48. The van der Waals surface area contributed by atoms with Gasteiger partial charge >= 0.3 is 0 Å². The third-order valence-electron chi connectivity index (χ3n) is 5.81. The summed E-state index contributed by atoms with van der Waals surface area (Å²) >= 11 is 1.66. The number of ether oxygens (including phenoxy) is 1. The number of methoxy groups -OCH3 is 1. The molecule has 1 aliphatic rings. The van der Waals surface area contributed by atoms with Gasteiger partial charge in [-0.2, -0.15) is 0 Å². The van der Waals surface area contributed by atoms with Crippen molar-refractivity contribution < 1.29 is 9.53 Å². The Kier molecular flexibility index (Phi) is 6.77. The van der Waals surface area contributed by atoms with Crippen LogP contribution in [0.3, 0.4) is 0 Å². The summed E-state index contributed by atoms with van der Waals surface area (Å²) in [6.07, 6.45) is 0. The van der Waals surface area contributed by atoms with Gasteiger partial charge in [-0.1, -0.05) is 29.8 Å². The normalized spacial score (nSPS) is 14.4. The van der Waals surface area contributed by atoms with E-state index in [1.165, 1.54) is 5.56 Å². The van der Waals surface area contributed by atoms with Gasteiger partial charge in [0.15, 0.2) is 5.13 Å². The molecule has 168 valence electrons. The van der Waals surface area contributed by atoms with E-state index in [2.05, 4.69) is 45.6 Å². The van der Waals surface area contributed by atoms with E-state index in [-0.39, 0.29) is 5.91 Å². The molecule has 2 heterocycles. The standard InChI is InChI=1S/C25H30N4O2S/c1-17-12-18(2)24(19(3)13-17)27-23(30)15-28-8-10-29(11-9-28)25-26-22(16-32-25)20-6-5-7-21(14-20)31-4/h5-7,12-14,16H,8-11,15H2,1-4H3,(H,27,30). The Morgan fingerprint density at radius 3 is 2.50 bits per heavy atom. The van der Waals surface area contributed by atoms with Crippen molar-refractivity contribution in [3.05, 3.63) is 58.5 Å². The first-order valence-electron chi connectivity index (χ1n) is 10.9. The fourth-order valence-electron chi connectivity index (χ4n) is 4.18. The van der Waals surface area contributed by atoms with Crippen LogP contribution >= 0.6 is 11.3 Å². The van der Waals surface area contributed by atoms with Crippen molar-refractivity contribution in [3.63, 3.8) is 0 Å². The predicted octanol–water partition coefficient (Wildman–Crippen LogP) is 4.50. The maximum Gasteiger partial charge on any atom is 0.238 e. The average Bonchev–Trinajstić information content (AvgIpc) is 3.27. The molecule has 1 amide bonds. The van der Waals surface area contributed by atoms with Crippen LogP contribution in [0.25, 0.3) is 11.3 Å². The number of amides is 1. The van der Waals surface area contributed by atoms with E-state index in [4.69, 9.17) is 9.72 Å². The molecule has 0 spiro atoms. The number of carbonyl (C=O) groups is 1. The van der Waals surface area contributed by atoms with Crippen LogP contribution in [0.2, 0.25) is 0 Å². The molecule has 0 atom stereocenters. The molecule has 0 bridgehead atoms. The zero-order chi connectivity index (χ0) is 22.7. The third kappa shape index (κ3) is 5.11. The average molecular weight is 451 g/mol. The van der Waals surface area contributed by atoms with Crippen LogP contribution in [-0.2, 0) is 4.79 Å². The van der Waals surface area contributed by atoms with Gasteiger partial charge in [-0.3, -0.25) is 9.69 Å². The lowest BCUT2D eigenvalue weighted by molar-refractivity contribution is -0.117. The molecular formula is C25H30N4O2S. The van der Waals surface area contributed by atoms with Gasteiger partial charge in [0.25, 0.3) is 0 Å². The molecule has 2 aromatic carbocycles. The Balaban J connectivity index is 1.32. The minimum atomic E-state index is 0.0445. The van der Waals surface area contributed by atoms with Crippen LogP contribution in [0.15, 0.2) is 41.8 Å². The number of rotatable bonds is 6.